The van der Waals surface area contributed by atoms with Gasteiger partial charge in [-0.1, -0.05) is 43.2 Å². The summed E-state index contributed by atoms with van der Waals surface area (Å²) in [6, 6.07) is 9.07. The molecule has 3 N–H and O–H groups in total. The van der Waals surface area contributed by atoms with Gasteiger partial charge in [-0.2, -0.15) is 0 Å². The van der Waals surface area contributed by atoms with Crippen molar-refractivity contribution in [3.05, 3.63) is 64.5 Å². The zero-order chi connectivity index (χ0) is 35.5. The zero-order valence-electron chi connectivity index (χ0n) is 28.3. The normalized spacial score (nSPS) is 26.2. The Kier molecular flexibility index (Phi) is 10.1. The molecule has 1 aliphatic carbocycles. The van der Waals surface area contributed by atoms with Crippen LogP contribution in [0.3, 0.4) is 0 Å². The van der Waals surface area contributed by atoms with Crippen LogP contribution in [0, 0.1) is 17.8 Å². The van der Waals surface area contributed by atoms with Gasteiger partial charge in [-0.3, -0.25) is 9.59 Å². The molecule has 2 aliphatic heterocycles. The number of nitrogens with one attached hydrogen (secondary N) is 2. The summed E-state index contributed by atoms with van der Waals surface area (Å²) in [4.78, 5) is 65.3. The highest BCUT2D eigenvalue weighted by Gasteiger charge is 2.61. The van der Waals surface area contributed by atoms with Crippen molar-refractivity contribution in [3.8, 4) is 17.7 Å². The van der Waals surface area contributed by atoms with Gasteiger partial charge in [0.25, 0.3) is 0 Å². The monoisotopic (exact) mass is 699 g/mol. The summed E-state index contributed by atoms with van der Waals surface area (Å²) in [5.74, 6) is 3.77. The number of aromatic nitrogens is 2. The van der Waals surface area contributed by atoms with E-state index in [0.29, 0.717) is 29.6 Å². The highest BCUT2D eigenvalue weighted by molar-refractivity contribution is 7.10. The first kappa shape index (κ1) is 34.9. The largest absolute Gasteiger partial charge is 0.479 e. The van der Waals surface area contributed by atoms with Gasteiger partial charge in [0, 0.05) is 12.3 Å². The Balaban J connectivity index is 1.32. The lowest BCUT2D eigenvalue weighted by Crippen LogP contribution is -2.56. The van der Waals surface area contributed by atoms with Crippen molar-refractivity contribution < 1.29 is 33.8 Å². The number of thiophene rings is 1. The molecule has 1 aromatic carbocycles. The number of aliphatic carboxylic acids is 1. The maximum absolute atomic E-state index is 14.3. The summed E-state index contributed by atoms with van der Waals surface area (Å²) in [6.07, 6.45) is 6.01. The number of carboxylic acids is 1. The first-order chi connectivity index (χ1) is 23.9. The number of amides is 3. The zero-order valence-corrected chi connectivity index (χ0v) is 29.1. The minimum absolute atomic E-state index is 0.0148. The fourth-order valence-electron chi connectivity index (χ4n) is 6.37. The third-order valence-corrected chi connectivity index (χ3v) is 9.74. The van der Waals surface area contributed by atoms with E-state index in [1.54, 1.807) is 26.8 Å². The van der Waals surface area contributed by atoms with Crippen LogP contribution in [0.4, 0.5) is 4.79 Å². The third kappa shape index (κ3) is 8.08. The number of allylic oxidation sites excluding steroid dienone is 1. The number of nitrogens with zero attached hydrogens (tertiary/aromatic N) is 3. The molecule has 2 fully saturated rings. The summed E-state index contributed by atoms with van der Waals surface area (Å²) in [5.41, 5.74) is -0.718. The maximum atomic E-state index is 14.3. The van der Waals surface area contributed by atoms with Crippen LogP contribution in [-0.2, 0) is 19.1 Å². The number of ether oxygens (including phenoxy) is 2. The Morgan fingerprint density at radius 1 is 1.08 bits per heavy atom. The molecular formula is C37H41N5O7S. The van der Waals surface area contributed by atoms with Gasteiger partial charge < -0.3 is 30.1 Å². The summed E-state index contributed by atoms with van der Waals surface area (Å²) < 4.78 is 11.9. The lowest BCUT2D eigenvalue weighted by atomic mass is 10.0. The maximum Gasteiger partial charge on any atom is 0.408 e. The van der Waals surface area contributed by atoms with Crippen molar-refractivity contribution in [2.24, 2.45) is 5.92 Å². The van der Waals surface area contributed by atoms with E-state index in [1.807, 2.05) is 47.9 Å². The van der Waals surface area contributed by atoms with Gasteiger partial charge in [0.15, 0.2) is 5.69 Å². The predicted octanol–water partition coefficient (Wildman–Crippen LogP) is 4.81. The Hall–Kier alpha value is -4.96. The molecule has 3 aliphatic rings. The number of carbonyl (C=O) groups is 4. The van der Waals surface area contributed by atoms with Crippen molar-refractivity contribution >= 4 is 46.2 Å². The molecule has 262 valence electrons. The van der Waals surface area contributed by atoms with Crippen molar-refractivity contribution in [2.75, 3.05) is 6.54 Å². The second kappa shape index (κ2) is 14.5. The Bertz CT molecular complexity index is 1860. The van der Waals surface area contributed by atoms with Crippen LogP contribution in [0.2, 0.25) is 0 Å². The minimum atomic E-state index is -1.45. The van der Waals surface area contributed by atoms with Crippen LogP contribution in [0.25, 0.3) is 11.0 Å². The van der Waals surface area contributed by atoms with E-state index in [2.05, 4.69) is 22.5 Å². The molecule has 1 saturated heterocycles. The molecule has 6 rings (SSSR count). The van der Waals surface area contributed by atoms with Crippen molar-refractivity contribution in [1.29, 1.82) is 0 Å². The van der Waals surface area contributed by atoms with E-state index < -0.39 is 53.2 Å². The van der Waals surface area contributed by atoms with Crippen LogP contribution in [0.5, 0.6) is 5.88 Å². The molecule has 13 heteroatoms. The number of benzene rings is 1. The molecule has 3 aromatic rings. The van der Waals surface area contributed by atoms with E-state index >= 15 is 0 Å². The molecule has 3 amide bonds. The average Bonchev–Trinajstić information content (AvgIpc) is 3.36. The number of carboxylic acid groups (broad SMARTS) is 1. The fourth-order valence-corrected chi connectivity index (χ4v) is 6.94. The first-order valence-corrected chi connectivity index (χ1v) is 17.8. The molecule has 5 atom stereocenters. The molecule has 1 saturated carbocycles. The van der Waals surface area contributed by atoms with Gasteiger partial charge in [0.05, 0.1) is 22.5 Å². The smallest absolute Gasteiger partial charge is 0.408 e. The number of alkyl carbamates (subject to hydrolysis) is 1. The van der Waals surface area contributed by atoms with Crippen molar-refractivity contribution in [2.45, 2.75) is 95.0 Å². The lowest BCUT2D eigenvalue weighted by molar-refractivity contribution is -0.145. The molecular weight excluding hydrogens is 659 g/mol. The Labute approximate surface area is 294 Å². The molecule has 3 unspecified atom stereocenters. The van der Waals surface area contributed by atoms with Gasteiger partial charge in [0.1, 0.15) is 29.3 Å². The molecule has 0 bridgehead atoms. The number of hydrogen-bond acceptors (Lipinski definition) is 9. The second-order valence-corrected chi connectivity index (χ2v) is 14.9. The first-order valence-electron chi connectivity index (χ1n) is 16.9. The van der Waals surface area contributed by atoms with Crippen molar-refractivity contribution in [1.82, 2.24) is 25.5 Å². The predicted molar refractivity (Wildman–Crippen MR) is 186 cm³/mol. The fraction of sp³-hybridized carbons (Fsp3) is 0.459. The summed E-state index contributed by atoms with van der Waals surface area (Å²) in [5, 5.41) is 17.6. The van der Waals surface area contributed by atoms with E-state index in [0.717, 1.165) is 24.1 Å². The topological polar surface area (TPSA) is 160 Å². The lowest BCUT2D eigenvalue weighted by Gasteiger charge is -2.30. The molecule has 12 nitrogen and oxygen atoms in total. The van der Waals surface area contributed by atoms with E-state index in [4.69, 9.17) is 19.4 Å². The minimum Gasteiger partial charge on any atom is -0.479 e. The third-order valence-electron chi connectivity index (χ3n) is 8.95. The second-order valence-electron chi connectivity index (χ2n) is 13.9. The quantitative estimate of drug-likeness (QED) is 0.257. The highest BCUT2D eigenvalue weighted by atomic mass is 32.1. The van der Waals surface area contributed by atoms with E-state index in [-0.39, 0.29) is 31.2 Å². The summed E-state index contributed by atoms with van der Waals surface area (Å²) >= 11 is 1.49. The standard InChI is InChI=1S/C37H41N5O7S/c1-36(2,3)49-35(47)40-29-16-8-6-4-5-7-12-23-21-37(23,34(45)46)41-31(43)30-20-24(22-42(30)33(29)44)48-32-28(18-17-25-13-11-19-50-25)38-26-14-9-10-15-27(26)39-32/h7,9-15,19,23-24,29-30H,4-6,8,16,20-22H2,1-3H3,(H,40,47)(H,41,43)(H,45,46)/b12-7-/t23?,24-,29-,30?,37?/m1/s1. The number of fused-ring (bicyclic) bond motifs is 3. The van der Waals surface area contributed by atoms with E-state index in [1.165, 1.54) is 16.2 Å². The molecule has 0 spiro atoms. The van der Waals surface area contributed by atoms with Gasteiger partial charge >= 0.3 is 12.1 Å². The Morgan fingerprint density at radius 2 is 1.86 bits per heavy atom. The van der Waals surface area contributed by atoms with Gasteiger partial charge in [0.2, 0.25) is 17.7 Å². The number of rotatable bonds is 4. The van der Waals surface area contributed by atoms with Crippen LogP contribution in [0.15, 0.2) is 53.9 Å². The SMILES string of the molecule is CC(C)(C)OC(=O)N[C@@H]1CCCCC/C=C\C2CC2(C(=O)O)NC(=O)C2C[C@@H](Oc3nc4ccccc4nc3C#Cc3cccs3)CN2C1=O. The van der Waals surface area contributed by atoms with E-state index in [9.17, 15) is 24.3 Å². The summed E-state index contributed by atoms with van der Waals surface area (Å²) in [6.45, 7) is 5.19. The highest BCUT2D eigenvalue weighted by Crippen LogP contribution is 2.45. The van der Waals surface area contributed by atoms with Crippen LogP contribution in [-0.4, -0.2) is 79.7 Å². The van der Waals surface area contributed by atoms with Crippen LogP contribution < -0.4 is 15.4 Å². The van der Waals surface area contributed by atoms with Crippen LogP contribution in [0.1, 0.15) is 76.3 Å². The van der Waals surface area contributed by atoms with Gasteiger partial charge in [-0.15, -0.1) is 11.3 Å². The number of carbonyl (C=O) groups excluding carboxylic acids is 3. The van der Waals surface area contributed by atoms with Gasteiger partial charge in [-0.25, -0.2) is 19.6 Å². The summed E-state index contributed by atoms with van der Waals surface area (Å²) in [7, 11) is 0. The number of hydrogen-bond donors (Lipinski definition) is 3. The van der Waals surface area contributed by atoms with Crippen molar-refractivity contribution in [3.63, 3.8) is 0 Å². The Morgan fingerprint density at radius 3 is 2.58 bits per heavy atom. The molecule has 0 radical (unpaired) electrons. The number of para-hydroxylation sites is 2. The van der Waals surface area contributed by atoms with Gasteiger partial charge in [-0.05, 0) is 81.9 Å². The molecule has 2 aromatic heterocycles. The van der Waals surface area contributed by atoms with Crippen LogP contribution >= 0.6 is 11.3 Å². The average molecular weight is 700 g/mol. The molecule has 50 heavy (non-hydrogen) atoms. The molecule has 4 heterocycles.